The summed E-state index contributed by atoms with van der Waals surface area (Å²) in [6, 6.07) is 1.84. The smallest absolute Gasteiger partial charge is 0.0950 e. The Bertz CT molecular complexity index is 316. The van der Waals surface area contributed by atoms with E-state index in [1.54, 1.807) is 0 Å². The second kappa shape index (κ2) is 3.81. The van der Waals surface area contributed by atoms with E-state index in [4.69, 9.17) is 17.3 Å². The van der Waals surface area contributed by atoms with E-state index in [1.807, 2.05) is 11.4 Å². The Balaban J connectivity index is 2.18. The van der Waals surface area contributed by atoms with E-state index in [0.29, 0.717) is 11.6 Å². The number of aliphatic hydroxyl groups excluding tert-OH is 1. The number of halogens is 1. The number of hydrogen-bond donors (Lipinski definition) is 2. The summed E-state index contributed by atoms with van der Waals surface area (Å²) >= 11 is 7.34. The molecular formula is C10H14ClNOS. The van der Waals surface area contributed by atoms with E-state index in [-0.39, 0.29) is 5.41 Å². The van der Waals surface area contributed by atoms with E-state index in [0.717, 1.165) is 17.7 Å². The molecule has 0 spiro atoms. The van der Waals surface area contributed by atoms with Crippen LogP contribution in [-0.2, 0) is 0 Å². The summed E-state index contributed by atoms with van der Waals surface area (Å²) in [5.41, 5.74) is 5.65. The van der Waals surface area contributed by atoms with Gasteiger partial charge in [0, 0.05) is 22.2 Å². The van der Waals surface area contributed by atoms with E-state index in [2.05, 4.69) is 0 Å². The van der Waals surface area contributed by atoms with Gasteiger partial charge in [0.2, 0.25) is 0 Å². The molecule has 0 bridgehead atoms. The molecule has 1 aromatic heterocycles. The van der Waals surface area contributed by atoms with Gasteiger partial charge in [-0.2, -0.15) is 0 Å². The van der Waals surface area contributed by atoms with E-state index in [1.165, 1.54) is 17.8 Å². The third kappa shape index (κ3) is 1.58. The lowest BCUT2D eigenvalue weighted by molar-refractivity contribution is -0.0274. The van der Waals surface area contributed by atoms with Gasteiger partial charge in [-0.3, -0.25) is 0 Å². The van der Waals surface area contributed by atoms with Crippen molar-refractivity contribution in [3.63, 3.8) is 0 Å². The molecular weight excluding hydrogens is 218 g/mol. The van der Waals surface area contributed by atoms with Gasteiger partial charge in [0.15, 0.2) is 0 Å². The zero-order valence-electron chi connectivity index (χ0n) is 7.87. The molecule has 78 valence electrons. The molecule has 2 rings (SSSR count). The predicted molar refractivity (Wildman–Crippen MR) is 59.6 cm³/mol. The zero-order chi connectivity index (χ0) is 10.2. The first kappa shape index (κ1) is 10.4. The molecule has 1 fully saturated rings. The van der Waals surface area contributed by atoms with Crippen molar-refractivity contribution in [1.82, 2.24) is 0 Å². The first-order valence-electron chi connectivity index (χ1n) is 4.80. The lowest BCUT2D eigenvalue weighted by atomic mass is 9.65. The maximum Gasteiger partial charge on any atom is 0.0950 e. The molecule has 1 saturated carbocycles. The topological polar surface area (TPSA) is 46.2 Å². The van der Waals surface area contributed by atoms with E-state index < -0.39 is 6.10 Å². The SMILES string of the molecule is NCC1(C(O)c2cc(Cl)cs2)CCC1. The van der Waals surface area contributed by atoms with Crippen molar-refractivity contribution in [3.8, 4) is 0 Å². The number of rotatable bonds is 3. The van der Waals surface area contributed by atoms with Crippen LogP contribution in [0.3, 0.4) is 0 Å². The summed E-state index contributed by atoms with van der Waals surface area (Å²) in [4.78, 5) is 0.945. The van der Waals surface area contributed by atoms with Gasteiger partial charge in [0.25, 0.3) is 0 Å². The van der Waals surface area contributed by atoms with Gasteiger partial charge in [-0.05, 0) is 18.9 Å². The highest BCUT2D eigenvalue weighted by atomic mass is 35.5. The maximum atomic E-state index is 10.2. The Hall–Kier alpha value is -0.0900. The van der Waals surface area contributed by atoms with Crippen molar-refractivity contribution in [1.29, 1.82) is 0 Å². The van der Waals surface area contributed by atoms with Crippen LogP contribution in [0, 0.1) is 5.41 Å². The summed E-state index contributed by atoms with van der Waals surface area (Å²) in [7, 11) is 0. The lowest BCUT2D eigenvalue weighted by Gasteiger charge is -2.44. The van der Waals surface area contributed by atoms with Crippen LogP contribution in [0.5, 0.6) is 0 Å². The first-order valence-corrected chi connectivity index (χ1v) is 6.06. The normalized spacial score (nSPS) is 21.6. The average molecular weight is 232 g/mol. The Morgan fingerprint density at radius 3 is 2.71 bits per heavy atom. The molecule has 3 N–H and O–H groups in total. The summed E-state index contributed by atoms with van der Waals surface area (Å²) in [5, 5.41) is 12.7. The van der Waals surface area contributed by atoms with Crippen LogP contribution < -0.4 is 5.73 Å². The summed E-state index contributed by atoms with van der Waals surface area (Å²) in [5.74, 6) is 0. The molecule has 14 heavy (non-hydrogen) atoms. The molecule has 0 radical (unpaired) electrons. The summed E-state index contributed by atoms with van der Waals surface area (Å²) in [6.45, 7) is 0.559. The highest BCUT2D eigenvalue weighted by Crippen LogP contribution is 2.50. The third-order valence-electron chi connectivity index (χ3n) is 3.19. The molecule has 2 nitrogen and oxygen atoms in total. The number of hydrogen-bond acceptors (Lipinski definition) is 3. The molecule has 1 aliphatic rings. The molecule has 1 unspecified atom stereocenters. The third-order valence-corrected chi connectivity index (χ3v) is 4.53. The van der Waals surface area contributed by atoms with Crippen LogP contribution in [-0.4, -0.2) is 11.7 Å². The van der Waals surface area contributed by atoms with Gasteiger partial charge in [-0.25, -0.2) is 0 Å². The van der Waals surface area contributed by atoms with E-state index >= 15 is 0 Å². The number of thiophene rings is 1. The van der Waals surface area contributed by atoms with Crippen LogP contribution in [0.2, 0.25) is 5.02 Å². The Kier molecular flexibility index (Phi) is 2.84. The monoisotopic (exact) mass is 231 g/mol. The van der Waals surface area contributed by atoms with Crippen molar-refractivity contribution < 1.29 is 5.11 Å². The second-order valence-electron chi connectivity index (χ2n) is 3.99. The minimum absolute atomic E-state index is 0.0752. The molecule has 1 aromatic rings. The predicted octanol–water partition coefficient (Wildman–Crippen LogP) is 2.56. The molecule has 0 aromatic carbocycles. The fourth-order valence-electron chi connectivity index (χ4n) is 1.99. The number of nitrogens with two attached hydrogens (primary N) is 1. The molecule has 1 aliphatic carbocycles. The van der Waals surface area contributed by atoms with Gasteiger partial charge in [0.05, 0.1) is 11.1 Å². The summed E-state index contributed by atoms with van der Waals surface area (Å²) < 4.78 is 0. The highest BCUT2D eigenvalue weighted by molar-refractivity contribution is 7.10. The van der Waals surface area contributed by atoms with Crippen LogP contribution >= 0.6 is 22.9 Å². The average Bonchev–Trinajstić information content (AvgIpc) is 2.50. The molecule has 1 heterocycles. The fourth-order valence-corrected chi connectivity index (χ4v) is 3.20. The van der Waals surface area contributed by atoms with Crippen molar-refractivity contribution in [2.45, 2.75) is 25.4 Å². The van der Waals surface area contributed by atoms with Crippen molar-refractivity contribution in [2.75, 3.05) is 6.54 Å². The Labute approximate surface area is 92.7 Å². The zero-order valence-corrected chi connectivity index (χ0v) is 9.44. The molecule has 0 saturated heterocycles. The fraction of sp³-hybridized carbons (Fsp3) is 0.600. The highest BCUT2D eigenvalue weighted by Gasteiger charge is 2.43. The first-order chi connectivity index (χ1) is 6.68. The van der Waals surface area contributed by atoms with Crippen molar-refractivity contribution >= 4 is 22.9 Å². The second-order valence-corrected chi connectivity index (χ2v) is 5.37. The van der Waals surface area contributed by atoms with Crippen LogP contribution in [0.4, 0.5) is 0 Å². The molecule has 4 heteroatoms. The van der Waals surface area contributed by atoms with Crippen LogP contribution in [0.25, 0.3) is 0 Å². The van der Waals surface area contributed by atoms with Crippen LogP contribution in [0.1, 0.15) is 30.2 Å². The minimum atomic E-state index is -0.432. The summed E-state index contributed by atoms with van der Waals surface area (Å²) in [6.07, 6.45) is 2.80. The standard InChI is InChI=1S/C10H14ClNOS/c11-7-4-8(14-5-7)9(13)10(6-12)2-1-3-10/h4-5,9,13H,1-3,6,12H2. The largest absolute Gasteiger partial charge is 0.387 e. The molecule has 0 aliphatic heterocycles. The molecule has 0 amide bonds. The lowest BCUT2D eigenvalue weighted by Crippen LogP contribution is -2.42. The Morgan fingerprint density at radius 2 is 2.36 bits per heavy atom. The quantitative estimate of drug-likeness (QED) is 0.840. The van der Waals surface area contributed by atoms with Gasteiger partial charge < -0.3 is 10.8 Å². The van der Waals surface area contributed by atoms with Crippen molar-refractivity contribution in [2.24, 2.45) is 11.1 Å². The van der Waals surface area contributed by atoms with Gasteiger partial charge >= 0.3 is 0 Å². The number of aliphatic hydroxyl groups is 1. The van der Waals surface area contributed by atoms with Gasteiger partial charge in [-0.1, -0.05) is 18.0 Å². The van der Waals surface area contributed by atoms with Gasteiger partial charge in [-0.15, -0.1) is 11.3 Å². The van der Waals surface area contributed by atoms with Gasteiger partial charge in [0.1, 0.15) is 0 Å². The maximum absolute atomic E-state index is 10.2. The Morgan fingerprint density at radius 1 is 1.64 bits per heavy atom. The minimum Gasteiger partial charge on any atom is -0.387 e. The van der Waals surface area contributed by atoms with Crippen LogP contribution in [0.15, 0.2) is 11.4 Å². The van der Waals surface area contributed by atoms with E-state index in [9.17, 15) is 5.11 Å². The molecule has 1 atom stereocenters. The van der Waals surface area contributed by atoms with Crippen molar-refractivity contribution in [3.05, 3.63) is 21.3 Å².